The molecule has 1 aromatic heterocycles. The SMILES string of the molecule is CC(C)(C)C(C(=O)OC1CCCCCCC1)C(SSC1CCCCCCC1)C(O/N=C/C1CCCCCCC1)C(c1cn(C2CCCCCCC2)nn1)C(C)(C)C. The van der Waals surface area contributed by atoms with Crippen molar-refractivity contribution in [2.45, 2.75) is 256 Å². The molecule has 0 spiro atoms. The summed E-state index contributed by atoms with van der Waals surface area (Å²) in [6.45, 7) is 13.7. The quantitative estimate of drug-likeness (QED) is 0.0848. The zero-order chi connectivity index (χ0) is 40.5. The van der Waals surface area contributed by atoms with E-state index < -0.39 is 6.10 Å². The van der Waals surface area contributed by atoms with E-state index in [0.29, 0.717) is 17.2 Å². The first-order chi connectivity index (χ1) is 27.5. The first-order valence-electron chi connectivity index (χ1n) is 24.1. The summed E-state index contributed by atoms with van der Waals surface area (Å²) in [4.78, 5) is 22.2. The molecular formula is C48H84N4O3S2. The summed E-state index contributed by atoms with van der Waals surface area (Å²) in [5, 5.41) is 15.3. The highest BCUT2D eigenvalue weighted by atomic mass is 33.1. The minimum absolute atomic E-state index is 0.00893. The molecule has 5 rings (SSSR count). The molecule has 9 heteroatoms. The Bertz CT molecular complexity index is 1280. The molecular weight excluding hydrogens is 745 g/mol. The van der Waals surface area contributed by atoms with E-state index in [1.54, 1.807) is 0 Å². The molecule has 4 unspecified atom stereocenters. The Balaban J connectivity index is 1.56. The van der Waals surface area contributed by atoms with Crippen LogP contribution in [0.2, 0.25) is 0 Å². The van der Waals surface area contributed by atoms with Gasteiger partial charge in [0.2, 0.25) is 0 Å². The lowest BCUT2D eigenvalue weighted by molar-refractivity contribution is -0.161. The summed E-state index contributed by atoms with van der Waals surface area (Å²) in [6.07, 6.45) is 38.6. The van der Waals surface area contributed by atoms with Crippen molar-refractivity contribution < 1.29 is 14.4 Å². The maximum Gasteiger partial charge on any atom is 0.311 e. The van der Waals surface area contributed by atoms with E-state index in [2.05, 4.69) is 58.6 Å². The van der Waals surface area contributed by atoms with E-state index >= 15 is 4.79 Å². The van der Waals surface area contributed by atoms with Gasteiger partial charge in [-0.3, -0.25) is 4.79 Å². The van der Waals surface area contributed by atoms with E-state index in [1.165, 1.54) is 141 Å². The Labute approximate surface area is 357 Å². The molecule has 0 N–H and O–H groups in total. The summed E-state index contributed by atoms with van der Waals surface area (Å²) in [5.41, 5.74) is 0.373. The average molecular weight is 829 g/mol. The zero-order valence-corrected chi connectivity index (χ0v) is 39.0. The molecule has 7 nitrogen and oxygen atoms in total. The number of esters is 1. The third kappa shape index (κ3) is 15.6. The van der Waals surface area contributed by atoms with E-state index in [-0.39, 0.29) is 40.0 Å². The Hall–Kier alpha value is -1.22. The van der Waals surface area contributed by atoms with E-state index in [4.69, 9.17) is 25.0 Å². The number of nitrogens with zero attached hydrogens (tertiary/aromatic N) is 4. The van der Waals surface area contributed by atoms with Gasteiger partial charge in [-0.05, 0) is 81.0 Å². The van der Waals surface area contributed by atoms with Gasteiger partial charge in [0, 0.05) is 17.7 Å². The lowest BCUT2D eigenvalue weighted by atomic mass is 9.69. The van der Waals surface area contributed by atoms with E-state index in [9.17, 15) is 0 Å². The smallest absolute Gasteiger partial charge is 0.311 e. The number of oxime groups is 1. The summed E-state index contributed by atoms with van der Waals surface area (Å²) in [6, 6.07) is 0.380. The Morgan fingerprint density at radius 3 is 1.72 bits per heavy atom. The second-order valence-corrected chi connectivity index (χ2v) is 23.5. The third-order valence-corrected chi connectivity index (χ3v) is 17.1. The predicted octanol–water partition coefficient (Wildman–Crippen LogP) is 14.6. The minimum Gasteiger partial charge on any atom is -0.462 e. The molecule has 4 aliphatic rings. The summed E-state index contributed by atoms with van der Waals surface area (Å²) in [7, 11) is 3.95. The minimum atomic E-state index is -0.405. The fraction of sp³-hybridized carbons (Fsp3) is 0.917. The fourth-order valence-corrected chi connectivity index (χ4v) is 14.1. The molecule has 1 heterocycles. The summed E-state index contributed by atoms with van der Waals surface area (Å²) in [5.74, 6) is -0.144. The zero-order valence-electron chi connectivity index (χ0n) is 37.4. The van der Waals surface area contributed by atoms with Crippen LogP contribution in [0, 0.1) is 22.7 Å². The van der Waals surface area contributed by atoms with E-state index in [1.807, 2.05) is 21.6 Å². The second kappa shape index (κ2) is 24.3. The molecule has 0 aliphatic heterocycles. The maximum atomic E-state index is 15.1. The van der Waals surface area contributed by atoms with Crippen LogP contribution in [0.3, 0.4) is 0 Å². The van der Waals surface area contributed by atoms with Crippen LogP contribution in [0.25, 0.3) is 0 Å². The summed E-state index contributed by atoms with van der Waals surface area (Å²) < 4.78 is 8.87. The van der Waals surface area contributed by atoms with Crippen molar-refractivity contribution in [3.63, 3.8) is 0 Å². The van der Waals surface area contributed by atoms with Gasteiger partial charge < -0.3 is 9.57 Å². The molecule has 4 fully saturated rings. The first kappa shape index (κ1) is 46.8. The Kier molecular flexibility index (Phi) is 20.0. The highest BCUT2D eigenvalue weighted by Gasteiger charge is 2.51. The van der Waals surface area contributed by atoms with Gasteiger partial charge in [-0.15, -0.1) is 5.10 Å². The average Bonchev–Trinajstić information content (AvgIpc) is 3.56. The number of carbonyl (C=O) groups excluding carboxylic acids is 1. The predicted molar refractivity (Wildman–Crippen MR) is 243 cm³/mol. The Morgan fingerprint density at radius 1 is 0.702 bits per heavy atom. The number of hydrogen-bond donors (Lipinski definition) is 0. The number of rotatable bonds is 13. The highest BCUT2D eigenvalue weighted by molar-refractivity contribution is 8.77. The standard InChI is InChI=1S/C48H84N4O3S2/c1-47(2,3)42(41-36-52(51-50-41)38-29-21-13-8-14-22-30-38)44(55-49-35-37-27-19-11-7-12-20-28-37)45(57-56-40-33-25-17-10-18-26-34-40)43(48(4,5)6)46(53)54-39-31-23-15-9-16-24-32-39/h35-40,42-45H,7-34H2,1-6H3/b49-35+. The molecule has 4 atom stereocenters. The van der Waals surface area contributed by atoms with E-state index in [0.717, 1.165) is 44.2 Å². The van der Waals surface area contributed by atoms with Gasteiger partial charge in [-0.25, -0.2) is 4.68 Å². The van der Waals surface area contributed by atoms with Gasteiger partial charge in [0.1, 0.15) is 12.2 Å². The second-order valence-electron chi connectivity index (χ2n) is 20.8. The van der Waals surface area contributed by atoms with Crippen molar-refractivity contribution in [2.24, 2.45) is 27.8 Å². The Morgan fingerprint density at radius 2 is 1.19 bits per heavy atom. The van der Waals surface area contributed by atoms with Crippen molar-refractivity contribution in [1.82, 2.24) is 15.0 Å². The molecule has 57 heavy (non-hydrogen) atoms. The normalized spacial score (nSPS) is 24.0. The van der Waals surface area contributed by atoms with Crippen LogP contribution in [0.15, 0.2) is 11.4 Å². The van der Waals surface area contributed by atoms with Gasteiger partial charge in [-0.1, -0.05) is 189 Å². The summed E-state index contributed by atoms with van der Waals surface area (Å²) >= 11 is 0. The van der Waals surface area contributed by atoms with Crippen molar-refractivity contribution in [1.29, 1.82) is 0 Å². The van der Waals surface area contributed by atoms with Gasteiger partial charge in [0.15, 0.2) is 0 Å². The molecule has 1 aromatic rings. The lowest BCUT2D eigenvalue weighted by Crippen LogP contribution is -2.49. The molecule has 0 saturated heterocycles. The number of ether oxygens (including phenoxy) is 1. The van der Waals surface area contributed by atoms with Crippen LogP contribution in [0.1, 0.15) is 239 Å². The third-order valence-electron chi connectivity index (χ3n) is 13.7. The van der Waals surface area contributed by atoms with Gasteiger partial charge in [-0.2, -0.15) is 0 Å². The van der Waals surface area contributed by atoms with Crippen molar-refractivity contribution in [2.75, 3.05) is 0 Å². The van der Waals surface area contributed by atoms with Crippen LogP contribution in [-0.2, 0) is 14.4 Å². The van der Waals surface area contributed by atoms with Gasteiger partial charge >= 0.3 is 5.97 Å². The van der Waals surface area contributed by atoms with Crippen molar-refractivity contribution in [3.05, 3.63) is 11.9 Å². The number of aromatic nitrogens is 3. The van der Waals surface area contributed by atoms with Crippen LogP contribution in [0.4, 0.5) is 0 Å². The first-order valence-corrected chi connectivity index (χ1v) is 26.4. The van der Waals surface area contributed by atoms with Crippen LogP contribution in [-0.4, -0.2) is 49.9 Å². The fourth-order valence-electron chi connectivity index (χ4n) is 10.3. The molecule has 0 aromatic carbocycles. The largest absolute Gasteiger partial charge is 0.462 e. The van der Waals surface area contributed by atoms with Gasteiger partial charge in [0.25, 0.3) is 0 Å². The molecule has 0 bridgehead atoms. The molecule has 0 amide bonds. The molecule has 4 saturated carbocycles. The number of carbonyl (C=O) groups is 1. The monoisotopic (exact) mass is 829 g/mol. The molecule has 326 valence electrons. The molecule has 0 radical (unpaired) electrons. The van der Waals surface area contributed by atoms with Crippen LogP contribution < -0.4 is 0 Å². The lowest BCUT2D eigenvalue weighted by Gasteiger charge is -2.43. The van der Waals surface area contributed by atoms with Crippen LogP contribution in [0.5, 0.6) is 0 Å². The number of hydrogen-bond acceptors (Lipinski definition) is 8. The van der Waals surface area contributed by atoms with Crippen LogP contribution >= 0.6 is 21.6 Å². The highest BCUT2D eigenvalue weighted by Crippen LogP contribution is 2.51. The van der Waals surface area contributed by atoms with Crippen molar-refractivity contribution in [3.8, 4) is 0 Å². The molecule has 4 aliphatic carbocycles. The topological polar surface area (TPSA) is 78.6 Å². The van der Waals surface area contributed by atoms with Gasteiger partial charge in [0.05, 0.1) is 28.8 Å². The maximum absolute atomic E-state index is 15.1. The van der Waals surface area contributed by atoms with Crippen molar-refractivity contribution >= 4 is 33.8 Å².